The Morgan fingerprint density at radius 2 is 1.80 bits per heavy atom. The molecule has 0 radical (unpaired) electrons. The fourth-order valence-electron chi connectivity index (χ4n) is 5.63. The Morgan fingerprint density at radius 3 is 2.57 bits per heavy atom. The van der Waals surface area contributed by atoms with Gasteiger partial charge in [-0.25, -0.2) is 0 Å². The van der Waals surface area contributed by atoms with Gasteiger partial charge in [0.25, 0.3) is 0 Å². The molecule has 1 aromatic heterocycles. The molecule has 0 saturated carbocycles. The summed E-state index contributed by atoms with van der Waals surface area (Å²) in [5, 5.41) is 0. The maximum absolute atomic E-state index is 12.5. The van der Waals surface area contributed by atoms with E-state index in [2.05, 4.69) is 73.3 Å². The Hall–Kier alpha value is -2.61. The molecule has 0 amide bonds. The van der Waals surface area contributed by atoms with E-state index < -0.39 is 0 Å². The Labute approximate surface area is 179 Å². The van der Waals surface area contributed by atoms with Crippen molar-refractivity contribution >= 4 is 5.78 Å². The molecule has 2 aromatic carbocycles. The molecule has 154 valence electrons. The predicted octanol–water partition coefficient (Wildman–Crippen LogP) is 7.13. The van der Waals surface area contributed by atoms with E-state index in [1.54, 1.807) is 0 Å². The molecule has 0 bridgehead atoms. The van der Waals surface area contributed by atoms with Gasteiger partial charge < -0.3 is 4.57 Å². The first-order valence-electron chi connectivity index (χ1n) is 11.6. The van der Waals surface area contributed by atoms with Crippen molar-refractivity contribution in [3.05, 3.63) is 77.1 Å². The molecule has 30 heavy (non-hydrogen) atoms. The molecule has 0 N–H and O–H groups in total. The first-order valence-corrected chi connectivity index (χ1v) is 11.6. The van der Waals surface area contributed by atoms with Gasteiger partial charge in [0.15, 0.2) is 5.78 Å². The molecule has 2 nitrogen and oxygen atoms in total. The number of carbonyl (C=O) groups excluding carboxylic acids is 1. The summed E-state index contributed by atoms with van der Waals surface area (Å²) in [6.45, 7) is 4.64. The lowest BCUT2D eigenvalue weighted by atomic mass is 9.73. The van der Waals surface area contributed by atoms with Gasteiger partial charge in [-0.3, -0.25) is 4.79 Å². The summed E-state index contributed by atoms with van der Waals surface area (Å²) in [6.07, 6.45) is 11.9. The van der Waals surface area contributed by atoms with Crippen LogP contribution >= 0.6 is 0 Å². The van der Waals surface area contributed by atoms with Crippen molar-refractivity contribution in [2.75, 3.05) is 0 Å². The van der Waals surface area contributed by atoms with Crippen LogP contribution in [0.15, 0.2) is 54.9 Å². The van der Waals surface area contributed by atoms with E-state index in [0.717, 1.165) is 24.3 Å². The Kier molecular flexibility index (Phi) is 5.10. The molecule has 0 spiro atoms. The fraction of sp³-hybridized carbons (Fsp3) is 0.393. The number of carbonyl (C=O) groups is 1. The van der Waals surface area contributed by atoms with Crippen LogP contribution in [-0.4, -0.2) is 10.4 Å². The summed E-state index contributed by atoms with van der Waals surface area (Å²) < 4.78 is 2.17. The summed E-state index contributed by atoms with van der Waals surface area (Å²) in [5.74, 6) is 1.70. The second-order valence-corrected chi connectivity index (χ2v) is 9.07. The highest BCUT2D eigenvalue weighted by atomic mass is 16.1. The Morgan fingerprint density at radius 1 is 1.00 bits per heavy atom. The second-order valence-electron chi connectivity index (χ2n) is 9.07. The van der Waals surface area contributed by atoms with Crippen molar-refractivity contribution in [2.24, 2.45) is 5.92 Å². The lowest BCUT2D eigenvalue weighted by Gasteiger charge is -2.31. The van der Waals surface area contributed by atoms with Gasteiger partial charge in [0.1, 0.15) is 0 Å². The van der Waals surface area contributed by atoms with Gasteiger partial charge in [-0.1, -0.05) is 44.9 Å². The molecule has 0 saturated heterocycles. The molecular formula is C28H31NO. The van der Waals surface area contributed by atoms with Crippen LogP contribution in [0.4, 0.5) is 0 Å². The summed E-state index contributed by atoms with van der Waals surface area (Å²) >= 11 is 0. The number of Topliss-reactive ketones (excluding diaryl/α,β-unsaturated/α-hetero) is 1. The number of nitrogens with zero attached hydrogens (tertiary/aromatic N) is 1. The van der Waals surface area contributed by atoms with E-state index in [1.165, 1.54) is 59.2 Å². The maximum Gasteiger partial charge on any atom is 0.163 e. The Balaban J connectivity index is 1.61. The van der Waals surface area contributed by atoms with Crippen LogP contribution in [0, 0.1) is 5.92 Å². The van der Waals surface area contributed by atoms with Gasteiger partial charge in [0.2, 0.25) is 0 Å². The molecule has 1 unspecified atom stereocenters. The second kappa shape index (κ2) is 7.91. The summed E-state index contributed by atoms with van der Waals surface area (Å²) in [5.41, 5.74) is 9.11. The van der Waals surface area contributed by atoms with Crippen molar-refractivity contribution in [1.29, 1.82) is 0 Å². The van der Waals surface area contributed by atoms with Crippen LogP contribution in [0.1, 0.15) is 78.9 Å². The summed E-state index contributed by atoms with van der Waals surface area (Å²) in [4.78, 5) is 12.5. The molecule has 2 aliphatic carbocycles. The van der Waals surface area contributed by atoms with E-state index in [0.29, 0.717) is 18.1 Å². The maximum atomic E-state index is 12.5. The quantitative estimate of drug-likeness (QED) is 0.434. The molecule has 2 heteroatoms. The van der Waals surface area contributed by atoms with Gasteiger partial charge in [-0.05, 0) is 89.6 Å². The number of aromatic nitrogens is 1. The molecule has 5 rings (SSSR count). The van der Waals surface area contributed by atoms with E-state index in [4.69, 9.17) is 0 Å². The lowest BCUT2D eigenvalue weighted by Crippen LogP contribution is -2.15. The smallest absolute Gasteiger partial charge is 0.163 e. The number of ketones is 1. The van der Waals surface area contributed by atoms with Crippen molar-refractivity contribution in [3.63, 3.8) is 0 Å². The zero-order valence-corrected chi connectivity index (χ0v) is 18.2. The molecule has 0 aliphatic heterocycles. The minimum absolute atomic E-state index is 0.315. The van der Waals surface area contributed by atoms with Crippen LogP contribution in [0.3, 0.4) is 0 Å². The van der Waals surface area contributed by atoms with Crippen molar-refractivity contribution < 1.29 is 4.79 Å². The lowest BCUT2D eigenvalue weighted by molar-refractivity contribution is 0.0994. The minimum Gasteiger partial charge on any atom is -0.324 e. The fourth-order valence-corrected chi connectivity index (χ4v) is 5.63. The SMILES string of the molecule is CCC(CC)CCC1Cc2ccc(-n3cccc3)cc2-c2c1ccc1c2CCC1=O. The van der Waals surface area contributed by atoms with E-state index in [9.17, 15) is 4.79 Å². The van der Waals surface area contributed by atoms with Gasteiger partial charge >= 0.3 is 0 Å². The van der Waals surface area contributed by atoms with E-state index >= 15 is 0 Å². The van der Waals surface area contributed by atoms with E-state index in [1.807, 2.05) is 0 Å². The number of fused-ring (bicyclic) bond motifs is 5. The number of rotatable bonds is 6. The average Bonchev–Trinajstić information content (AvgIpc) is 3.44. The number of benzene rings is 2. The molecule has 1 atom stereocenters. The molecule has 0 fully saturated rings. The number of hydrogen-bond donors (Lipinski definition) is 0. The highest BCUT2D eigenvalue weighted by Crippen LogP contribution is 2.47. The Bertz CT molecular complexity index is 1070. The van der Waals surface area contributed by atoms with Crippen LogP contribution < -0.4 is 0 Å². The molecule has 3 aromatic rings. The van der Waals surface area contributed by atoms with Crippen LogP contribution in [-0.2, 0) is 12.8 Å². The topological polar surface area (TPSA) is 22.0 Å². The average molecular weight is 398 g/mol. The highest BCUT2D eigenvalue weighted by Gasteiger charge is 2.32. The first-order chi connectivity index (χ1) is 14.7. The van der Waals surface area contributed by atoms with E-state index in [-0.39, 0.29) is 0 Å². The van der Waals surface area contributed by atoms with Gasteiger partial charge in [-0.2, -0.15) is 0 Å². The van der Waals surface area contributed by atoms with Crippen molar-refractivity contribution in [3.8, 4) is 16.8 Å². The first kappa shape index (κ1) is 19.4. The third-order valence-corrected chi connectivity index (χ3v) is 7.50. The number of hydrogen-bond acceptors (Lipinski definition) is 1. The third-order valence-electron chi connectivity index (χ3n) is 7.50. The highest BCUT2D eigenvalue weighted by molar-refractivity contribution is 6.03. The minimum atomic E-state index is 0.315. The predicted molar refractivity (Wildman–Crippen MR) is 124 cm³/mol. The molecule has 2 aliphatic rings. The van der Waals surface area contributed by atoms with Crippen LogP contribution in [0.25, 0.3) is 16.8 Å². The monoisotopic (exact) mass is 397 g/mol. The van der Waals surface area contributed by atoms with Crippen molar-refractivity contribution in [1.82, 2.24) is 4.57 Å². The summed E-state index contributed by atoms with van der Waals surface area (Å²) in [6, 6.07) is 15.4. The molecule has 1 heterocycles. The van der Waals surface area contributed by atoms with Gasteiger partial charge in [-0.15, -0.1) is 0 Å². The van der Waals surface area contributed by atoms with Crippen molar-refractivity contribution in [2.45, 2.75) is 64.7 Å². The largest absolute Gasteiger partial charge is 0.324 e. The zero-order valence-electron chi connectivity index (χ0n) is 18.2. The zero-order chi connectivity index (χ0) is 20.7. The third kappa shape index (κ3) is 3.23. The van der Waals surface area contributed by atoms with Crippen LogP contribution in [0.5, 0.6) is 0 Å². The van der Waals surface area contributed by atoms with Crippen LogP contribution in [0.2, 0.25) is 0 Å². The molecular weight excluding hydrogens is 366 g/mol. The normalized spacial score (nSPS) is 17.2. The summed E-state index contributed by atoms with van der Waals surface area (Å²) in [7, 11) is 0. The standard InChI is InChI=1S/C28H31NO/c1-3-19(4-2)7-8-20-17-21-9-10-22(29-15-5-6-16-29)18-26(21)28-23(20)11-12-24-25(28)13-14-27(24)30/h5-6,9-12,15-16,18-20H,3-4,7-8,13-14,17H2,1-2H3. The van der Waals surface area contributed by atoms with Gasteiger partial charge in [0, 0.05) is 30.1 Å². The van der Waals surface area contributed by atoms with Gasteiger partial charge in [0.05, 0.1) is 0 Å².